The van der Waals surface area contributed by atoms with Crippen LogP contribution in [0.4, 0.5) is 0 Å². The van der Waals surface area contributed by atoms with Gasteiger partial charge in [-0.25, -0.2) is 4.79 Å². The summed E-state index contributed by atoms with van der Waals surface area (Å²) in [5.74, 6) is -0.403. The van der Waals surface area contributed by atoms with E-state index in [0.717, 1.165) is 19.3 Å². The van der Waals surface area contributed by atoms with Crippen LogP contribution in [0.25, 0.3) is 0 Å². The second kappa shape index (κ2) is 8.54. The lowest BCUT2D eigenvalue weighted by molar-refractivity contribution is -0.165. The van der Waals surface area contributed by atoms with Crippen LogP contribution in [-0.2, 0) is 14.3 Å². The van der Waals surface area contributed by atoms with Gasteiger partial charge >= 0.3 is 5.97 Å². The molecule has 114 valence electrons. The van der Waals surface area contributed by atoms with Crippen molar-refractivity contribution in [3.63, 3.8) is 0 Å². The molecule has 4 nitrogen and oxygen atoms in total. The Labute approximate surface area is 117 Å². The quantitative estimate of drug-likeness (QED) is 0.657. The third-order valence-electron chi connectivity index (χ3n) is 3.00. The van der Waals surface area contributed by atoms with Crippen molar-refractivity contribution >= 4 is 5.97 Å². The summed E-state index contributed by atoms with van der Waals surface area (Å²) < 4.78 is 11.1. The van der Waals surface area contributed by atoms with Crippen molar-refractivity contribution in [2.75, 3.05) is 6.61 Å². The van der Waals surface area contributed by atoms with E-state index in [0.29, 0.717) is 6.61 Å². The molecule has 19 heavy (non-hydrogen) atoms. The van der Waals surface area contributed by atoms with Gasteiger partial charge in [0.05, 0.1) is 18.8 Å². The highest BCUT2D eigenvalue weighted by Crippen LogP contribution is 2.20. The van der Waals surface area contributed by atoms with Crippen molar-refractivity contribution < 1.29 is 19.4 Å². The molecule has 0 radical (unpaired) electrons. The maximum atomic E-state index is 11.6. The fraction of sp³-hybridized carbons (Fsp3) is 0.933. The number of hydrogen-bond donors (Lipinski definition) is 1. The van der Waals surface area contributed by atoms with Crippen LogP contribution >= 0.6 is 0 Å². The van der Waals surface area contributed by atoms with Crippen molar-refractivity contribution in [3.8, 4) is 0 Å². The first-order valence-electron chi connectivity index (χ1n) is 7.27. The Morgan fingerprint density at radius 2 is 1.84 bits per heavy atom. The molecular formula is C15H30O4. The average Bonchev–Trinajstić information content (AvgIpc) is 2.27. The first-order chi connectivity index (χ1) is 8.72. The maximum Gasteiger partial charge on any atom is 0.337 e. The fourth-order valence-electron chi connectivity index (χ4n) is 1.90. The molecule has 1 N–H and O–H groups in total. The van der Waals surface area contributed by atoms with Gasteiger partial charge in [0.1, 0.15) is 0 Å². The Morgan fingerprint density at radius 3 is 2.21 bits per heavy atom. The summed E-state index contributed by atoms with van der Waals surface area (Å²) in [6.07, 6.45) is 3.14. The highest BCUT2D eigenvalue weighted by Gasteiger charge is 2.28. The molecule has 0 aromatic rings. The number of rotatable bonds is 9. The molecule has 0 aromatic carbocycles. The van der Waals surface area contributed by atoms with Crippen molar-refractivity contribution in [3.05, 3.63) is 0 Å². The van der Waals surface area contributed by atoms with Crippen molar-refractivity contribution in [2.45, 2.75) is 78.6 Å². The van der Waals surface area contributed by atoms with Crippen LogP contribution in [-0.4, -0.2) is 35.5 Å². The summed E-state index contributed by atoms with van der Waals surface area (Å²) in [5.41, 5.74) is -1.43. The molecule has 0 amide bonds. The number of hydrogen-bond acceptors (Lipinski definition) is 4. The minimum Gasteiger partial charge on any atom is -0.463 e. The summed E-state index contributed by atoms with van der Waals surface area (Å²) in [6.45, 7) is 11.4. The van der Waals surface area contributed by atoms with Gasteiger partial charge in [-0.1, -0.05) is 20.3 Å². The first kappa shape index (κ1) is 18.4. The van der Waals surface area contributed by atoms with E-state index in [1.165, 1.54) is 13.8 Å². The molecular weight excluding hydrogens is 244 g/mol. The van der Waals surface area contributed by atoms with Crippen LogP contribution in [0.2, 0.25) is 0 Å². The van der Waals surface area contributed by atoms with Crippen molar-refractivity contribution in [2.24, 2.45) is 5.92 Å². The van der Waals surface area contributed by atoms with E-state index in [1.54, 1.807) is 0 Å². The Kier molecular flexibility index (Phi) is 8.26. The molecule has 0 rings (SSSR count). The van der Waals surface area contributed by atoms with Gasteiger partial charge in [0, 0.05) is 5.92 Å². The van der Waals surface area contributed by atoms with Gasteiger partial charge in [-0.2, -0.15) is 0 Å². The van der Waals surface area contributed by atoms with Gasteiger partial charge in [-0.15, -0.1) is 0 Å². The zero-order valence-electron chi connectivity index (χ0n) is 13.2. The Bertz CT molecular complexity index is 255. The van der Waals surface area contributed by atoms with Gasteiger partial charge in [-0.3, -0.25) is 0 Å². The molecule has 0 aliphatic carbocycles. The molecule has 0 spiro atoms. The van der Waals surface area contributed by atoms with Crippen LogP contribution in [0.5, 0.6) is 0 Å². The molecule has 0 bridgehead atoms. The Balaban J connectivity index is 4.47. The lowest BCUT2D eigenvalue weighted by Crippen LogP contribution is -2.36. The number of aliphatic hydroxyl groups is 1. The Morgan fingerprint density at radius 1 is 1.26 bits per heavy atom. The second-order valence-electron chi connectivity index (χ2n) is 5.84. The van der Waals surface area contributed by atoms with Gasteiger partial charge < -0.3 is 14.6 Å². The van der Waals surface area contributed by atoms with E-state index < -0.39 is 11.6 Å². The number of carbonyl (C=O) groups is 1. The van der Waals surface area contributed by atoms with E-state index >= 15 is 0 Å². The molecule has 0 heterocycles. The maximum absolute atomic E-state index is 11.6. The molecule has 0 aliphatic heterocycles. The van der Waals surface area contributed by atoms with Gasteiger partial charge in [0.15, 0.2) is 5.60 Å². The van der Waals surface area contributed by atoms with Crippen LogP contribution in [0.15, 0.2) is 0 Å². The molecule has 2 unspecified atom stereocenters. The number of carbonyl (C=O) groups excluding carboxylic acids is 1. The van der Waals surface area contributed by atoms with E-state index in [1.807, 2.05) is 13.8 Å². The lowest BCUT2D eigenvalue weighted by atomic mass is 9.96. The molecule has 0 aliphatic rings. The standard InChI is InChI=1S/C15H30O4/c1-7-9-13(19-11(3)4)12(8-2)10-18-14(16)15(5,6)17/h11-13,17H,7-10H2,1-6H3. The molecule has 0 saturated heterocycles. The van der Waals surface area contributed by atoms with E-state index in [-0.39, 0.29) is 18.1 Å². The monoisotopic (exact) mass is 274 g/mol. The minimum atomic E-state index is -1.43. The summed E-state index contributed by atoms with van der Waals surface area (Å²) >= 11 is 0. The highest BCUT2D eigenvalue weighted by atomic mass is 16.6. The molecule has 0 fully saturated rings. The molecule has 0 saturated carbocycles. The van der Waals surface area contributed by atoms with Crippen LogP contribution in [0.1, 0.15) is 60.8 Å². The smallest absolute Gasteiger partial charge is 0.337 e. The predicted molar refractivity (Wildman–Crippen MR) is 76.0 cm³/mol. The zero-order valence-corrected chi connectivity index (χ0v) is 13.2. The van der Waals surface area contributed by atoms with Crippen molar-refractivity contribution in [1.82, 2.24) is 0 Å². The largest absolute Gasteiger partial charge is 0.463 e. The third kappa shape index (κ3) is 7.53. The normalized spacial score (nSPS) is 15.4. The summed E-state index contributed by atoms with van der Waals surface area (Å²) in [4.78, 5) is 11.6. The molecule has 4 heteroatoms. The minimum absolute atomic E-state index is 0.101. The summed E-state index contributed by atoms with van der Waals surface area (Å²) in [5, 5.41) is 9.55. The molecule has 2 atom stereocenters. The topological polar surface area (TPSA) is 55.8 Å². The second-order valence-corrected chi connectivity index (χ2v) is 5.84. The first-order valence-corrected chi connectivity index (χ1v) is 7.27. The van der Waals surface area contributed by atoms with Crippen molar-refractivity contribution in [1.29, 1.82) is 0 Å². The fourth-order valence-corrected chi connectivity index (χ4v) is 1.90. The SMILES string of the molecule is CCCC(OC(C)C)C(CC)COC(=O)C(C)(C)O. The average molecular weight is 274 g/mol. The molecule has 0 aromatic heterocycles. The van der Waals surface area contributed by atoms with E-state index in [4.69, 9.17) is 9.47 Å². The highest BCUT2D eigenvalue weighted by molar-refractivity contribution is 5.78. The van der Waals surface area contributed by atoms with Gasteiger partial charge in [0.25, 0.3) is 0 Å². The lowest BCUT2D eigenvalue weighted by Gasteiger charge is -2.28. The summed E-state index contributed by atoms with van der Waals surface area (Å²) in [6, 6.07) is 0. The van der Waals surface area contributed by atoms with Gasteiger partial charge in [0.2, 0.25) is 0 Å². The van der Waals surface area contributed by atoms with E-state index in [2.05, 4.69) is 13.8 Å². The number of esters is 1. The van der Waals surface area contributed by atoms with Crippen LogP contribution in [0.3, 0.4) is 0 Å². The van der Waals surface area contributed by atoms with Crippen LogP contribution in [0, 0.1) is 5.92 Å². The summed E-state index contributed by atoms with van der Waals surface area (Å²) in [7, 11) is 0. The van der Waals surface area contributed by atoms with Gasteiger partial charge in [-0.05, 0) is 40.5 Å². The number of ether oxygens (including phenoxy) is 2. The zero-order chi connectivity index (χ0) is 15.1. The van der Waals surface area contributed by atoms with E-state index in [9.17, 15) is 9.90 Å². The predicted octanol–water partition coefficient (Wildman–Crippen LogP) is 2.92. The Hall–Kier alpha value is -0.610. The van der Waals surface area contributed by atoms with Crippen LogP contribution < -0.4 is 0 Å². The third-order valence-corrected chi connectivity index (χ3v) is 3.00.